The largest absolute Gasteiger partial charge is 0.385 e. The third-order valence-electron chi connectivity index (χ3n) is 13.3. The minimum Gasteiger partial charge on any atom is -0.385 e. The highest BCUT2D eigenvalue weighted by atomic mass is 16.6. The lowest BCUT2D eigenvalue weighted by Crippen LogP contribution is -2.54. The van der Waals surface area contributed by atoms with Gasteiger partial charge in [0.25, 0.3) is 5.91 Å². The van der Waals surface area contributed by atoms with Gasteiger partial charge < -0.3 is 20.0 Å². The minimum absolute atomic E-state index is 0.00000715. The van der Waals surface area contributed by atoms with Crippen molar-refractivity contribution in [3.63, 3.8) is 0 Å². The van der Waals surface area contributed by atoms with E-state index in [1.54, 1.807) is 0 Å². The maximum Gasteiger partial charge on any atom is 0.260 e. The molecule has 4 fully saturated rings. The second-order valence-electron chi connectivity index (χ2n) is 15.7. The fourth-order valence-corrected chi connectivity index (χ4v) is 10.4. The van der Waals surface area contributed by atoms with Crippen LogP contribution in [0.1, 0.15) is 104 Å². The number of nitrogens with zero attached hydrogens (tertiary/aromatic N) is 1. The van der Waals surface area contributed by atoms with Crippen LogP contribution in [-0.2, 0) is 19.8 Å². The van der Waals surface area contributed by atoms with Gasteiger partial charge in [-0.05, 0) is 111 Å². The van der Waals surface area contributed by atoms with E-state index in [-0.39, 0.29) is 34.9 Å². The van der Waals surface area contributed by atoms with Crippen molar-refractivity contribution in [1.29, 1.82) is 0 Å². The van der Waals surface area contributed by atoms with Crippen LogP contribution in [0.4, 0.5) is 0 Å². The zero-order chi connectivity index (χ0) is 31.9. The molecule has 5 aliphatic rings. The van der Waals surface area contributed by atoms with E-state index in [0.717, 1.165) is 82.9 Å². The number of allylic oxidation sites excluding steroid dienone is 2. The van der Waals surface area contributed by atoms with Crippen LogP contribution in [0.25, 0.3) is 0 Å². The number of aliphatic hydroxyl groups is 1. The lowest BCUT2D eigenvalue weighted by molar-refractivity contribution is -0.125. The highest BCUT2D eigenvalue weighted by Gasteiger charge is 2.63. The predicted molar refractivity (Wildman–Crippen MR) is 178 cm³/mol. The molecule has 1 saturated heterocycles. The van der Waals surface area contributed by atoms with E-state index in [9.17, 15) is 9.90 Å². The Hall–Kier alpha value is -2.62. The Bertz CT molecular complexity index is 1350. The van der Waals surface area contributed by atoms with E-state index in [2.05, 4.69) is 80.5 Å². The van der Waals surface area contributed by atoms with Crippen molar-refractivity contribution in [2.75, 3.05) is 19.8 Å². The number of benzene rings is 1. The molecule has 0 aromatic heterocycles. The second-order valence-corrected chi connectivity index (χ2v) is 15.7. The van der Waals surface area contributed by atoms with Crippen molar-refractivity contribution in [3.8, 4) is 12.3 Å². The number of carbonyl (C=O) groups is 1. The average molecular weight is 615 g/mol. The normalized spacial score (nSPS) is 40.1. The van der Waals surface area contributed by atoms with Gasteiger partial charge in [-0.25, -0.2) is 0 Å². The molecule has 244 valence electrons. The highest BCUT2D eigenvalue weighted by Crippen LogP contribution is 2.67. The summed E-state index contributed by atoms with van der Waals surface area (Å²) in [4.78, 5) is 18.4. The van der Waals surface area contributed by atoms with Crippen LogP contribution >= 0.6 is 0 Å². The third kappa shape index (κ3) is 5.78. The monoisotopic (exact) mass is 614 g/mol. The molecule has 4 aliphatic carbocycles. The molecule has 8 unspecified atom stereocenters. The second kappa shape index (κ2) is 12.5. The van der Waals surface area contributed by atoms with Crippen LogP contribution < -0.4 is 5.32 Å². The van der Waals surface area contributed by atoms with Gasteiger partial charge in [-0.1, -0.05) is 74.7 Å². The van der Waals surface area contributed by atoms with Crippen molar-refractivity contribution in [2.24, 2.45) is 39.7 Å². The number of fused-ring (bicyclic) bond motifs is 5. The van der Waals surface area contributed by atoms with Gasteiger partial charge in [-0.15, -0.1) is 6.42 Å². The van der Waals surface area contributed by atoms with Gasteiger partial charge in [0.2, 0.25) is 0 Å². The molecule has 6 rings (SSSR count). The molecular formula is C39H54N2O4. The SMILES string of the molecule is C#CC1(O)CCC2C3CCC4=CC(=NOCC(=O)NCCC5(c6ccccc6)CCOC(C(C)C)C5)CCC4(C)C3CCC21C. The molecule has 1 aliphatic heterocycles. The Labute approximate surface area is 270 Å². The summed E-state index contributed by atoms with van der Waals surface area (Å²) in [6.07, 6.45) is 19.2. The van der Waals surface area contributed by atoms with E-state index in [1.807, 2.05) is 0 Å². The number of ether oxygens (including phenoxy) is 1. The number of carbonyl (C=O) groups excluding carboxylic acids is 1. The predicted octanol–water partition coefficient (Wildman–Crippen LogP) is 6.97. The van der Waals surface area contributed by atoms with Gasteiger partial charge in [-0.3, -0.25) is 4.79 Å². The van der Waals surface area contributed by atoms with Crippen molar-refractivity contribution in [1.82, 2.24) is 5.32 Å². The first kappa shape index (κ1) is 32.3. The summed E-state index contributed by atoms with van der Waals surface area (Å²) in [6, 6.07) is 10.7. The molecular weight excluding hydrogens is 560 g/mol. The molecule has 3 saturated carbocycles. The summed E-state index contributed by atoms with van der Waals surface area (Å²) in [7, 11) is 0. The Balaban J connectivity index is 1.03. The van der Waals surface area contributed by atoms with E-state index >= 15 is 0 Å². The van der Waals surface area contributed by atoms with Gasteiger partial charge in [0.1, 0.15) is 5.60 Å². The summed E-state index contributed by atoms with van der Waals surface area (Å²) >= 11 is 0. The van der Waals surface area contributed by atoms with Crippen molar-refractivity contribution < 1.29 is 19.5 Å². The van der Waals surface area contributed by atoms with Gasteiger partial charge in [0, 0.05) is 24.0 Å². The van der Waals surface area contributed by atoms with Crippen molar-refractivity contribution in [2.45, 2.75) is 115 Å². The Kier molecular flexibility index (Phi) is 9.00. The third-order valence-corrected chi connectivity index (χ3v) is 13.3. The molecule has 1 heterocycles. The summed E-state index contributed by atoms with van der Waals surface area (Å²) in [6.45, 7) is 10.4. The standard InChI is InChI=1S/C39H54N2O4/c1-6-39(43)19-16-33-31-13-12-29-24-30(14-17-36(29,4)32(31)15-18-37(33,39)5)41-45-26-35(42)40-22-20-38(28-10-8-7-9-11-28)21-23-44-34(25-38)27(2)3/h1,7-11,24,27,31-34,43H,12-23,25-26H2,2-5H3,(H,40,42). The lowest BCUT2D eigenvalue weighted by Gasteiger charge is -2.58. The number of nitrogens with one attached hydrogen (secondary N) is 1. The number of hydrogen-bond acceptors (Lipinski definition) is 5. The molecule has 1 amide bonds. The Morgan fingerprint density at radius 3 is 2.64 bits per heavy atom. The highest BCUT2D eigenvalue weighted by molar-refractivity contribution is 5.96. The Morgan fingerprint density at radius 2 is 1.89 bits per heavy atom. The first-order chi connectivity index (χ1) is 21.5. The van der Waals surface area contributed by atoms with Crippen LogP contribution in [0.5, 0.6) is 0 Å². The first-order valence-electron chi connectivity index (χ1n) is 17.6. The number of rotatable bonds is 8. The summed E-state index contributed by atoms with van der Waals surface area (Å²) < 4.78 is 6.11. The van der Waals surface area contributed by atoms with E-state index in [1.165, 1.54) is 11.1 Å². The minimum atomic E-state index is -0.958. The zero-order valence-electron chi connectivity index (χ0n) is 27.9. The van der Waals surface area contributed by atoms with Crippen LogP contribution in [0, 0.1) is 46.8 Å². The molecule has 0 bridgehead atoms. The number of amides is 1. The van der Waals surface area contributed by atoms with Gasteiger partial charge in [0.15, 0.2) is 6.61 Å². The number of hydrogen-bond donors (Lipinski definition) is 2. The maximum absolute atomic E-state index is 12.8. The average Bonchev–Trinajstić information content (AvgIpc) is 3.32. The lowest BCUT2D eigenvalue weighted by atomic mass is 9.46. The van der Waals surface area contributed by atoms with Gasteiger partial charge in [0.05, 0.1) is 11.8 Å². The molecule has 1 aromatic carbocycles. The molecule has 0 radical (unpaired) electrons. The van der Waals surface area contributed by atoms with E-state index in [0.29, 0.717) is 30.2 Å². The summed E-state index contributed by atoms with van der Waals surface area (Å²) in [5.74, 6) is 4.86. The topological polar surface area (TPSA) is 80.2 Å². The molecule has 2 N–H and O–H groups in total. The van der Waals surface area contributed by atoms with Crippen molar-refractivity contribution >= 4 is 11.6 Å². The van der Waals surface area contributed by atoms with Crippen LogP contribution in [-0.4, -0.2) is 48.2 Å². The summed E-state index contributed by atoms with van der Waals surface area (Å²) in [5.41, 5.74) is 2.80. The molecule has 45 heavy (non-hydrogen) atoms. The molecule has 0 spiro atoms. The van der Waals surface area contributed by atoms with E-state index < -0.39 is 5.60 Å². The van der Waals surface area contributed by atoms with Gasteiger partial charge >= 0.3 is 0 Å². The van der Waals surface area contributed by atoms with Crippen LogP contribution in [0.2, 0.25) is 0 Å². The smallest absolute Gasteiger partial charge is 0.260 e. The number of oxime groups is 1. The molecule has 1 aromatic rings. The van der Waals surface area contributed by atoms with Crippen LogP contribution in [0.15, 0.2) is 47.1 Å². The molecule has 6 heteroatoms. The first-order valence-corrected chi connectivity index (χ1v) is 17.6. The van der Waals surface area contributed by atoms with E-state index in [4.69, 9.17) is 16.0 Å². The maximum atomic E-state index is 12.8. The van der Waals surface area contributed by atoms with Gasteiger partial charge in [-0.2, -0.15) is 0 Å². The fourth-order valence-electron chi connectivity index (χ4n) is 10.4. The Morgan fingerprint density at radius 1 is 1.11 bits per heavy atom. The fraction of sp³-hybridized carbons (Fsp3) is 0.692. The number of terminal acetylenes is 1. The quantitative estimate of drug-likeness (QED) is 0.245. The van der Waals surface area contributed by atoms with Crippen molar-refractivity contribution in [3.05, 3.63) is 47.5 Å². The molecule has 8 atom stereocenters. The molecule has 6 nitrogen and oxygen atoms in total. The van der Waals surface area contributed by atoms with Crippen LogP contribution in [0.3, 0.4) is 0 Å². The summed E-state index contributed by atoms with van der Waals surface area (Å²) in [5, 5.41) is 18.8. The zero-order valence-corrected chi connectivity index (χ0v) is 27.9.